The molecule has 2 aliphatic rings. The van der Waals surface area contributed by atoms with Crippen LogP contribution >= 0.6 is 11.6 Å². The summed E-state index contributed by atoms with van der Waals surface area (Å²) in [6.45, 7) is 2.85. The van der Waals surface area contributed by atoms with Crippen LogP contribution in [0.25, 0.3) is 0 Å². The smallest absolute Gasteiger partial charge is 0.241 e. The van der Waals surface area contributed by atoms with Gasteiger partial charge in [0, 0.05) is 16.8 Å². The molecule has 0 unspecified atom stereocenters. The standard InChI is InChI=1S/C22H25ClN2O3S/c1-16-9-10-18(12-19(16)23)25-21-15-29(27,28)14-20(21)24(13-22(25)26)11-5-8-17-6-3-2-4-7-17/h2-4,6-7,9-10,12,20-21H,5,8,11,13-15H2,1H3/t20-,21+/m0/s1. The van der Waals surface area contributed by atoms with E-state index in [2.05, 4.69) is 17.0 Å². The molecule has 4 rings (SSSR count). The fraction of sp³-hybridized carbons (Fsp3) is 0.409. The molecule has 0 radical (unpaired) electrons. The van der Waals surface area contributed by atoms with Crippen molar-refractivity contribution < 1.29 is 13.2 Å². The van der Waals surface area contributed by atoms with Gasteiger partial charge in [-0.25, -0.2) is 8.42 Å². The van der Waals surface area contributed by atoms with Crippen molar-refractivity contribution in [1.29, 1.82) is 0 Å². The third-order valence-electron chi connectivity index (χ3n) is 5.89. The van der Waals surface area contributed by atoms with E-state index in [0.29, 0.717) is 17.3 Å². The van der Waals surface area contributed by atoms with Gasteiger partial charge in [-0.05, 0) is 49.6 Å². The summed E-state index contributed by atoms with van der Waals surface area (Å²) in [4.78, 5) is 16.8. The van der Waals surface area contributed by atoms with E-state index in [-0.39, 0.29) is 36.0 Å². The normalized spacial score (nSPS) is 23.9. The van der Waals surface area contributed by atoms with Crippen molar-refractivity contribution in [2.45, 2.75) is 31.8 Å². The molecule has 0 spiro atoms. The summed E-state index contributed by atoms with van der Waals surface area (Å²) in [5.74, 6) is 0.0409. The highest BCUT2D eigenvalue weighted by Crippen LogP contribution is 2.33. The zero-order valence-corrected chi connectivity index (χ0v) is 18.0. The lowest BCUT2D eigenvalue weighted by Crippen LogP contribution is -2.62. The number of hydrogen-bond acceptors (Lipinski definition) is 4. The van der Waals surface area contributed by atoms with Gasteiger partial charge in [0.05, 0.1) is 24.1 Å². The maximum absolute atomic E-state index is 13.0. The molecule has 2 saturated heterocycles. The fourth-order valence-corrected chi connectivity index (χ4v) is 6.56. The summed E-state index contributed by atoms with van der Waals surface area (Å²) in [5, 5.41) is 0.581. The van der Waals surface area contributed by atoms with E-state index in [1.807, 2.05) is 37.3 Å². The van der Waals surface area contributed by atoms with Gasteiger partial charge in [0.25, 0.3) is 0 Å². The van der Waals surface area contributed by atoms with E-state index in [1.54, 1.807) is 11.0 Å². The minimum atomic E-state index is -3.19. The average molecular weight is 433 g/mol. The molecule has 2 aromatic rings. The first-order chi connectivity index (χ1) is 13.8. The molecular weight excluding hydrogens is 408 g/mol. The Labute approximate surface area is 177 Å². The molecule has 2 fully saturated rings. The van der Waals surface area contributed by atoms with Crippen LogP contribution < -0.4 is 4.90 Å². The quantitative estimate of drug-likeness (QED) is 0.728. The highest BCUT2D eigenvalue weighted by atomic mass is 35.5. The number of amides is 1. The highest BCUT2D eigenvalue weighted by molar-refractivity contribution is 7.91. The van der Waals surface area contributed by atoms with Gasteiger partial charge >= 0.3 is 0 Å². The van der Waals surface area contributed by atoms with Crippen molar-refractivity contribution in [1.82, 2.24) is 4.90 Å². The van der Waals surface area contributed by atoms with Crippen LogP contribution in [0.3, 0.4) is 0 Å². The molecule has 0 bridgehead atoms. The number of fused-ring (bicyclic) bond motifs is 1. The number of sulfone groups is 1. The number of rotatable bonds is 5. The number of piperazine rings is 1. The van der Waals surface area contributed by atoms with Crippen molar-refractivity contribution in [3.05, 3.63) is 64.7 Å². The van der Waals surface area contributed by atoms with Crippen molar-refractivity contribution in [2.24, 2.45) is 0 Å². The number of anilines is 1. The molecule has 0 saturated carbocycles. The van der Waals surface area contributed by atoms with Gasteiger partial charge < -0.3 is 4.90 Å². The summed E-state index contributed by atoms with van der Waals surface area (Å²) in [7, 11) is -3.19. The van der Waals surface area contributed by atoms with Gasteiger partial charge in [-0.15, -0.1) is 0 Å². The Morgan fingerprint density at radius 1 is 1.07 bits per heavy atom. The zero-order valence-electron chi connectivity index (χ0n) is 16.4. The van der Waals surface area contributed by atoms with Crippen LogP contribution in [0.15, 0.2) is 48.5 Å². The summed E-state index contributed by atoms with van der Waals surface area (Å²) in [5.41, 5.74) is 2.86. The van der Waals surface area contributed by atoms with Gasteiger partial charge in [0.2, 0.25) is 5.91 Å². The Kier molecular flexibility index (Phi) is 5.69. The fourth-order valence-electron chi connectivity index (χ4n) is 4.40. The van der Waals surface area contributed by atoms with Crippen LogP contribution in [0.4, 0.5) is 5.69 Å². The monoisotopic (exact) mass is 432 g/mol. The van der Waals surface area contributed by atoms with E-state index in [1.165, 1.54) is 5.56 Å². The second kappa shape index (κ2) is 8.09. The van der Waals surface area contributed by atoms with Crippen molar-refractivity contribution in [2.75, 3.05) is 29.5 Å². The van der Waals surface area contributed by atoms with Crippen molar-refractivity contribution in [3.63, 3.8) is 0 Å². The molecule has 154 valence electrons. The van der Waals surface area contributed by atoms with E-state index in [4.69, 9.17) is 11.6 Å². The van der Waals surface area contributed by atoms with Crippen LogP contribution in [0, 0.1) is 6.92 Å². The van der Waals surface area contributed by atoms with E-state index in [0.717, 1.165) is 18.4 Å². The number of hydrogen-bond donors (Lipinski definition) is 0. The van der Waals surface area contributed by atoms with Gasteiger partial charge in [0.15, 0.2) is 9.84 Å². The largest absolute Gasteiger partial charge is 0.306 e. The van der Waals surface area contributed by atoms with E-state index < -0.39 is 9.84 Å². The van der Waals surface area contributed by atoms with Gasteiger partial charge in [-0.1, -0.05) is 48.0 Å². The molecule has 2 heterocycles. The number of halogens is 1. The van der Waals surface area contributed by atoms with Crippen molar-refractivity contribution >= 4 is 33.0 Å². The number of carbonyl (C=O) groups is 1. The Morgan fingerprint density at radius 2 is 1.79 bits per heavy atom. The topological polar surface area (TPSA) is 57.7 Å². The van der Waals surface area contributed by atoms with Crippen LogP contribution in [-0.4, -0.2) is 55.9 Å². The predicted octanol–water partition coefficient (Wildman–Crippen LogP) is 3.10. The molecule has 1 amide bonds. The first kappa shape index (κ1) is 20.4. The Hall–Kier alpha value is -1.89. The summed E-state index contributed by atoms with van der Waals surface area (Å²) < 4.78 is 24.9. The lowest BCUT2D eigenvalue weighted by molar-refractivity contribution is -0.123. The van der Waals surface area contributed by atoms with Crippen molar-refractivity contribution in [3.8, 4) is 0 Å². The van der Waals surface area contributed by atoms with Gasteiger partial charge in [-0.2, -0.15) is 0 Å². The first-order valence-corrected chi connectivity index (χ1v) is 12.1. The van der Waals surface area contributed by atoms with E-state index >= 15 is 0 Å². The molecule has 29 heavy (non-hydrogen) atoms. The lowest BCUT2D eigenvalue weighted by Gasteiger charge is -2.43. The molecule has 5 nitrogen and oxygen atoms in total. The molecule has 2 atom stereocenters. The molecule has 2 aromatic carbocycles. The van der Waals surface area contributed by atoms with Gasteiger partial charge in [0.1, 0.15) is 0 Å². The Morgan fingerprint density at radius 3 is 2.52 bits per heavy atom. The third kappa shape index (κ3) is 4.34. The minimum absolute atomic E-state index is 0.00405. The minimum Gasteiger partial charge on any atom is -0.306 e. The van der Waals surface area contributed by atoms with Crippen LogP contribution in [0.1, 0.15) is 17.5 Å². The molecule has 0 aromatic heterocycles. The summed E-state index contributed by atoms with van der Waals surface area (Å²) in [6, 6.07) is 15.2. The first-order valence-electron chi connectivity index (χ1n) is 9.91. The number of aryl methyl sites for hydroxylation is 2. The lowest BCUT2D eigenvalue weighted by atomic mass is 10.0. The van der Waals surface area contributed by atoms with Crippen LogP contribution in [0.5, 0.6) is 0 Å². The van der Waals surface area contributed by atoms with Gasteiger partial charge in [-0.3, -0.25) is 9.69 Å². The van der Waals surface area contributed by atoms with E-state index in [9.17, 15) is 13.2 Å². The Balaban J connectivity index is 1.54. The SMILES string of the molecule is Cc1ccc(N2C(=O)CN(CCCc3ccccc3)[C@H]3CS(=O)(=O)C[C@H]32)cc1Cl. The summed E-state index contributed by atoms with van der Waals surface area (Å²) in [6.07, 6.45) is 1.80. The number of benzene rings is 2. The zero-order chi connectivity index (χ0) is 20.6. The second-order valence-electron chi connectivity index (χ2n) is 7.97. The molecular formula is C22H25ClN2O3S. The van der Waals surface area contributed by atoms with Crippen LogP contribution in [-0.2, 0) is 21.1 Å². The molecule has 2 aliphatic heterocycles. The average Bonchev–Trinajstić information content (AvgIpc) is 3.00. The highest BCUT2D eigenvalue weighted by Gasteiger charge is 2.49. The predicted molar refractivity (Wildman–Crippen MR) is 116 cm³/mol. The number of carbonyl (C=O) groups excluding carboxylic acids is 1. The maximum Gasteiger partial charge on any atom is 0.241 e. The maximum atomic E-state index is 13.0. The summed E-state index contributed by atoms with van der Waals surface area (Å²) >= 11 is 6.27. The third-order valence-corrected chi connectivity index (χ3v) is 7.99. The molecule has 0 N–H and O–H groups in total. The van der Waals surface area contributed by atoms with Crippen LogP contribution in [0.2, 0.25) is 5.02 Å². The number of nitrogens with zero attached hydrogens (tertiary/aromatic N) is 2. The second-order valence-corrected chi connectivity index (χ2v) is 10.5. The Bertz CT molecular complexity index is 1010. The molecule has 7 heteroatoms. The molecule has 0 aliphatic carbocycles.